The molecule has 1 aliphatic rings. The van der Waals surface area contributed by atoms with Crippen molar-refractivity contribution in [3.05, 3.63) is 54.3 Å². The van der Waals surface area contributed by atoms with Gasteiger partial charge in [0.15, 0.2) is 18.0 Å². The summed E-state index contributed by atoms with van der Waals surface area (Å²) in [6, 6.07) is 5.49. The molecule has 23 heavy (non-hydrogen) atoms. The summed E-state index contributed by atoms with van der Waals surface area (Å²) < 4.78 is 1.78. The van der Waals surface area contributed by atoms with Gasteiger partial charge in [0.05, 0.1) is 13.2 Å². The number of rotatable bonds is 7. The summed E-state index contributed by atoms with van der Waals surface area (Å²) in [6.07, 6.45) is 10.3. The molecule has 0 saturated heterocycles. The zero-order valence-corrected chi connectivity index (χ0v) is 12.7. The molecule has 1 aromatic rings. The topological polar surface area (TPSA) is 98.1 Å². The second-order valence-corrected chi connectivity index (χ2v) is 4.64. The van der Waals surface area contributed by atoms with Crippen LogP contribution in [0.2, 0.25) is 0 Å². The van der Waals surface area contributed by atoms with E-state index in [-0.39, 0.29) is 19.4 Å². The lowest BCUT2D eigenvalue weighted by atomic mass is 10.3. The summed E-state index contributed by atoms with van der Waals surface area (Å²) in [5.41, 5.74) is 0.621. The van der Waals surface area contributed by atoms with Gasteiger partial charge in [-0.15, -0.1) is 15.3 Å². The van der Waals surface area contributed by atoms with Crippen LogP contribution < -0.4 is 5.49 Å². The molecule has 8 nitrogen and oxygen atoms in total. The Balaban J connectivity index is 2.00. The summed E-state index contributed by atoms with van der Waals surface area (Å²) in [7, 11) is 0. The molecule has 1 unspecified atom stereocenters. The summed E-state index contributed by atoms with van der Waals surface area (Å²) in [4.78, 5) is 1.86. The van der Waals surface area contributed by atoms with Crippen molar-refractivity contribution >= 4 is 6.34 Å². The molecule has 0 bridgehead atoms. The molecule has 1 aromatic heterocycles. The number of hydrogen-bond donors (Lipinski definition) is 2. The van der Waals surface area contributed by atoms with E-state index in [1.54, 1.807) is 10.6 Å². The number of aromatic nitrogens is 1. The van der Waals surface area contributed by atoms with Gasteiger partial charge in [-0.3, -0.25) is 0 Å². The molecule has 1 aliphatic heterocycles. The highest BCUT2D eigenvalue weighted by molar-refractivity contribution is 5.53. The molecule has 0 radical (unpaired) electrons. The smallest absolute Gasteiger partial charge is 0.161 e. The number of azo groups is 1. The van der Waals surface area contributed by atoms with Crippen LogP contribution in [0, 0.1) is 0 Å². The van der Waals surface area contributed by atoms with Crippen LogP contribution in [0.5, 0.6) is 0 Å². The molecule has 8 heteroatoms. The summed E-state index contributed by atoms with van der Waals surface area (Å²) in [6.45, 7) is 1.01. The van der Waals surface area contributed by atoms with E-state index in [9.17, 15) is 0 Å². The van der Waals surface area contributed by atoms with Gasteiger partial charge in [0.1, 0.15) is 0 Å². The van der Waals surface area contributed by atoms with Gasteiger partial charge in [0.2, 0.25) is 0 Å². The van der Waals surface area contributed by atoms with Crippen LogP contribution in [0.1, 0.15) is 0 Å². The van der Waals surface area contributed by atoms with Gasteiger partial charge in [0.25, 0.3) is 0 Å². The number of hydrogen-bond acceptors (Lipinski definition) is 6. The van der Waals surface area contributed by atoms with Gasteiger partial charge in [-0.1, -0.05) is 12.1 Å². The standard InChI is InChI=1S/C15H20N6O2/c22-11-9-20-7-3-1-5-14(20)18-16-13-17-19-15-6-2-4-8-21(15)10-12-23/h1-8,13-14,22-23H,9-12H2/b17-13+,18-16+,19-15+. The highest BCUT2D eigenvalue weighted by Crippen LogP contribution is 2.09. The third-order valence-corrected chi connectivity index (χ3v) is 3.08. The van der Waals surface area contributed by atoms with E-state index >= 15 is 0 Å². The average Bonchev–Trinajstić information content (AvgIpc) is 2.58. The van der Waals surface area contributed by atoms with E-state index in [0.29, 0.717) is 18.6 Å². The SMILES string of the molecule is OCCN1C=CC=CC1/N=N/C=N/N=c1\ccccn1CCO. The summed E-state index contributed by atoms with van der Waals surface area (Å²) >= 11 is 0. The lowest BCUT2D eigenvalue weighted by Crippen LogP contribution is -2.31. The summed E-state index contributed by atoms with van der Waals surface area (Å²) in [5.74, 6) is 0. The van der Waals surface area contributed by atoms with Crippen LogP contribution in [0.4, 0.5) is 0 Å². The van der Waals surface area contributed by atoms with Crippen LogP contribution in [-0.4, -0.2) is 51.9 Å². The van der Waals surface area contributed by atoms with Gasteiger partial charge in [-0.2, -0.15) is 5.11 Å². The zero-order valence-electron chi connectivity index (χ0n) is 12.7. The minimum Gasteiger partial charge on any atom is -0.395 e. The van der Waals surface area contributed by atoms with Crippen molar-refractivity contribution in [3.8, 4) is 0 Å². The van der Waals surface area contributed by atoms with E-state index in [0.717, 1.165) is 0 Å². The maximum Gasteiger partial charge on any atom is 0.161 e. The van der Waals surface area contributed by atoms with E-state index in [1.807, 2.05) is 47.7 Å². The highest BCUT2D eigenvalue weighted by Gasteiger charge is 2.11. The first-order chi connectivity index (χ1) is 11.3. The number of aliphatic hydroxyl groups is 2. The fourth-order valence-corrected chi connectivity index (χ4v) is 2.01. The Hall–Kier alpha value is -2.58. The number of aliphatic hydroxyl groups excluding tert-OH is 2. The molecule has 0 aliphatic carbocycles. The monoisotopic (exact) mass is 316 g/mol. The Bertz CT molecular complexity index is 662. The third kappa shape index (κ3) is 5.28. The predicted molar refractivity (Wildman–Crippen MR) is 86.3 cm³/mol. The van der Waals surface area contributed by atoms with Gasteiger partial charge >= 0.3 is 0 Å². The molecule has 2 rings (SSSR count). The lowest BCUT2D eigenvalue weighted by Gasteiger charge is -2.25. The second-order valence-electron chi connectivity index (χ2n) is 4.64. The van der Waals surface area contributed by atoms with E-state index in [1.165, 1.54) is 6.34 Å². The quantitative estimate of drug-likeness (QED) is 0.331. The average molecular weight is 316 g/mol. The van der Waals surface area contributed by atoms with Gasteiger partial charge < -0.3 is 19.7 Å². The Kier molecular flexibility index (Phi) is 6.89. The van der Waals surface area contributed by atoms with Gasteiger partial charge in [-0.25, -0.2) is 0 Å². The van der Waals surface area contributed by atoms with Crippen LogP contribution >= 0.6 is 0 Å². The predicted octanol–water partition coefficient (Wildman–Crippen LogP) is 0.480. The number of nitrogens with zero attached hydrogens (tertiary/aromatic N) is 6. The van der Waals surface area contributed by atoms with Crippen molar-refractivity contribution in [2.45, 2.75) is 12.7 Å². The molecule has 1 atom stereocenters. The number of pyridine rings is 1. The van der Waals surface area contributed by atoms with Crippen molar-refractivity contribution in [1.82, 2.24) is 9.47 Å². The first-order valence-corrected chi connectivity index (χ1v) is 7.28. The molecule has 0 spiro atoms. The Morgan fingerprint density at radius 2 is 2.00 bits per heavy atom. The molecule has 0 aromatic carbocycles. The summed E-state index contributed by atoms with van der Waals surface area (Å²) in [5, 5.41) is 33.9. The fourth-order valence-electron chi connectivity index (χ4n) is 2.01. The van der Waals surface area contributed by atoms with Crippen LogP contribution in [0.25, 0.3) is 0 Å². The van der Waals surface area contributed by atoms with E-state index < -0.39 is 0 Å². The molecular formula is C15H20N6O2. The maximum atomic E-state index is 9.01. The van der Waals surface area contributed by atoms with Gasteiger partial charge in [0, 0.05) is 25.5 Å². The highest BCUT2D eigenvalue weighted by atomic mass is 16.3. The minimum absolute atomic E-state index is 0.0306. The normalized spacial score (nSPS) is 18.6. The minimum atomic E-state index is -0.255. The van der Waals surface area contributed by atoms with Crippen molar-refractivity contribution in [2.24, 2.45) is 20.4 Å². The Morgan fingerprint density at radius 1 is 1.13 bits per heavy atom. The van der Waals surface area contributed by atoms with E-state index in [4.69, 9.17) is 10.2 Å². The van der Waals surface area contributed by atoms with Gasteiger partial charge in [-0.05, 0) is 24.3 Å². The fraction of sp³-hybridized carbons (Fsp3) is 0.333. The first-order valence-electron chi connectivity index (χ1n) is 7.28. The second kappa shape index (κ2) is 9.44. The largest absolute Gasteiger partial charge is 0.395 e. The molecule has 0 fully saturated rings. The zero-order chi connectivity index (χ0) is 16.3. The van der Waals surface area contributed by atoms with Crippen molar-refractivity contribution in [3.63, 3.8) is 0 Å². The lowest BCUT2D eigenvalue weighted by molar-refractivity contribution is 0.216. The van der Waals surface area contributed by atoms with Crippen molar-refractivity contribution in [2.75, 3.05) is 19.8 Å². The van der Waals surface area contributed by atoms with Crippen LogP contribution in [-0.2, 0) is 6.54 Å². The van der Waals surface area contributed by atoms with Crippen molar-refractivity contribution in [1.29, 1.82) is 0 Å². The Morgan fingerprint density at radius 3 is 2.83 bits per heavy atom. The molecule has 0 amide bonds. The van der Waals surface area contributed by atoms with Crippen molar-refractivity contribution < 1.29 is 10.2 Å². The first kappa shape index (κ1) is 16.8. The number of allylic oxidation sites excluding steroid dienone is 2. The maximum absolute atomic E-state index is 9.01. The molecule has 2 heterocycles. The third-order valence-electron chi connectivity index (χ3n) is 3.08. The van der Waals surface area contributed by atoms with Crippen LogP contribution in [0.3, 0.4) is 0 Å². The molecular weight excluding hydrogens is 296 g/mol. The van der Waals surface area contributed by atoms with Crippen LogP contribution in [0.15, 0.2) is 69.3 Å². The van der Waals surface area contributed by atoms with E-state index in [2.05, 4.69) is 20.4 Å². The molecule has 2 N–H and O–H groups in total. The molecule has 122 valence electrons. The Labute approximate surface area is 134 Å². The molecule has 0 saturated carbocycles. The number of β-amino-alcohol motifs (C(OH)–C–C–N with tert-alkyl or cyclic N) is 1.